The average Bonchev–Trinajstić information content (AvgIpc) is 2.42. The summed E-state index contributed by atoms with van der Waals surface area (Å²) in [6.45, 7) is 5.53. The fourth-order valence-electron chi connectivity index (χ4n) is 1.29. The highest BCUT2D eigenvalue weighted by Gasteiger charge is 2.12. The quantitative estimate of drug-likeness (QED) is 0.388. The van der Waals surface area contributed by atoms with E-state index in [9.17, 15) is 9.90 Å². The Balaban J connectivity index is 3.79. The van der Waals surface area contributed by atoms with Crippen LogP contribution in [0.3, 0.4) is 0 Å². The lowest BCUT2D eigenvalue weighted by molar-refractivity contribution is -0.117. The van der Waals surface area contributed by atoms with Crippen molar-refractivity contribution in [3.63, 3.8) is 0 Å². The van der Waals surface area contributed by atoms with Crippen LogP contribution in [0, 0.1) is 0 Å². The molecule has 0 aromatic rings. The van der Waals surface area contributed by atoms with Gasteiger partial charge in [0.2, 0.25) is 5.91 Å². The molecule has 3 nitrogen and oxygen atoms in total. The SMILES string of the molecule is CC=CC=CCCC=CC=CC=CC(=O)NCC(C)(C)O. The molecule has 0 aliphatic rings. The van der Waals surface area contributed by atoms with E-state index >= 15 is 0 Å². The van der Waals surface area contributed by atoms with Gasteiger partial charge in [-0.2, -0.15) is 0 Å². The molecular weight excluding hydrogens is 262 g/mol. The van der Waals surface area contributed by atoms with Gasteiger partial charge >= 0.3 is 0 Å². The predicted octanol–water partition coefficient (Wildman–Crippen LogP) is 3.45. The van der Waals surface area contributed by atoms with Crippen LogP contribution in [0.2, 0.25) is 0 Å². The number of hydrogen-bond acceptors (Lipinski definition) is 2. The number of nitrogens with one attached hydrogen (secondary N) is 1. The summed E-state index contributed by atoms with van der Waals surface area (Å²) in [5.74, 6) is -0.208. The summed E-state index contributed by atoms with van der Waals surface area (Å²) < 4.78 is 0. The largest absolute Gasteiger partial charge is 0.389 e. The van der Waals surface area contributed by atoms with Gasteiger partial charge in [-0.3, -0.25) is 4.79 Å². The molecule has 0 bridgehead atoms. The van der Waals surface area contributed by atoms with Gasteiger partial charge < -0.3 is 10.4 Å². The summed E-state index contributed by atoms with van der Waals surface area (Å²) in [5, 5.41) is 12.1. The minimum atomic E-state index is -0.885. The van der Waals surface area contributed by atoms with Crippen LogP contribution in [0.1, 0.15) is 33.6 Å². The van der Waals surface area contributed by atoms with Crippen molar-refractivity contribution >= 4 is 5.91 Å². The maximum absolute atomic E-state index is 11.4. The maximum Gasteiger partial charge on any atom is 0.244 e. The lowest BCUT2D eigenvalue weighted by Gasteiger charge is -2.16. The maximum atomic E-state index is 11.4. The third-order valence-corrected chi connectivity index (χ3v) is 2.35. The third-order valence-electron chi connectivity index (χ3n) is 2.35. The molecular formula is C18H27NO2. The van der Waals surface area contributed by atoms with Crippen LogP contribution in [0.25, 0.3) is 0 Å². The van der Waals surface area contributed by atoms with E-state index in [-0.39, 0.29) is 12.5 Å². The highest BCUT2D eigenvalue weighted by atomic mass is 16.3. The van der Waals surface area contributed by atoms with Crippen molar-refractivity contribution in [1.29, 1.82) is 0 Å². The van der Waals surface area contributed by atoms with Crippen LogP contribution in [-0.4, -0.2) is 23.2 Å². The van der Waals surface area contributed by atoms with E-state index in [0.717, 1.165) is 12.8 Å². The number of carbonyl (C=O) groups is 1. The Hall–Kier alpha value is -1.87. The number of aliphatic hydroxyl groups is 1. The molecule has 0 radical (unpaired) electrons. The highest BCUT2D eigenvalue weighted by Crippen LogP contribution is 1.97. The molecule has 0 rings (SSSR count). The number of unbranched alkanes of at least 4 members (excludes halogenated alkanes) is 1. The van der Waals surface area contributed by atoms with Crippen molar-refractivity contribution < 1.29 is 9.90 Å². The van der Waals surface area contributed by atoms with E-state index < -0.39 is 5.60 Å². The summed E-state index contributed by atoms with van der Waals surface area (Å²) in [6, 6.07) is 0. The number of hydrogen-bond donors (Lipinski definition) is 2. The van der Waals surface area contributed by atoms with E-state index in [0.29, 0.717) is 0 Å². The van der Waals surface area contributed by atoms with Gasteiger partial charge in [0.15, 0.2) is 0 Å². The Bertz CT molecular complexity index is 421. The first-order valence-corrected chi connectivity index (χ1v) is 7.23. The van der Waals surface area contributed by atoms with Gasteiger partial charge in [0.1, 0.15) is 0 Å². The molecule has 116 valence electrons. The minimum absolute atomic E-state index is 0.208. The van der Waals surface area contributed by atoms with E-state index in [2.05, 4.69) is 17.5 Å². The topological polar surface area (TPSA) is 49.3 Å². The van der Waals surface area contributed by atoms with Gasteiger partial charge in [0.25, 0.3) is 0 Å². The first-order chi connectivity index (χ1) is 9.95. The second-order valence-electron chi connectivity index (χ2n) is 5.23. The Morgan fingerprint density at radius 1 is 1.00 bits per heavy atom. The van der Waals surface area contributed by atoms with Gasteiger partial charge in [-0.25, -0.2) is 0 Å². The molecule has 2 N–H and O–H groups in total. The van der Waals surface area contributed by atoms with Crippen molar-refractivity contribution in [3.05, 3.63) is 60.8 Å². The van der Waals surface area contributed by atoms with Gasteiger partial charge in [-0.1, -0.05) is 54.7 Å². The Kier molecular flexibility index (Phi) is 10.9. The molecule has 0 heterocycles. The molecule has 0 fully saturated rings. The zero-order chi connectivity index (χ0) is 16.0. The van der Waals surface area contributed by atoms with Gasteiger partial charge in [-0.05, 0) is 33.6 Å². The molecule has 0 unspecified atom stereocenters. The Morgan fingerprint density at radius 2 is 1.57 bits per heavy atom. The van der Waals surface area contributed by atoms with Crippen LogP contribution in [0.15, 0.2) is 60.8 Å². The number of allylic oxidation sites excluding steroid dienone is 9. The Labute approximate surface area is 128 Å². The predicted molar refractivity (Wildman–Crippen MR) is 89.9 cm³/mol. The molecule has 1 amide bonds. The van der Waals surface area contributed by atoms with Crippen LogP contribution in [0.5, 0.6) is 0 Å². The van der Waals surface area contributed by atoms with Crippen molar-refractivity contribution in [2.45, 2.75) is 39.2 Å². The van der Waals surface area contributed by atoms with Crippen LogP contribution in [-0.2, 0) is 4.79 Å². The van der Waals surface area contributed by atoms with Crippen molar-refractivity contribution in [3.8, 4) is 0 Å². The molecule has 0 saturated carbocycles. The molecule has 21 heavy (non-hydrogen) atoms. The second kappa shape index (κ2) is 11.9. The van der Waals surface area contributed by atoms with E-state index in [4.69, 9.17) is 0 Å². The smallest absolute Gasteiger partial charge is 0.244 e. The van der Waals surface area contributed by atoms with Crippen LogP contribution < -0.4 is 5.32 Å². The standard InChI is InChI=1S/C18H27NO2/c1-4-5-6-7-8-9-10-11-12-13-14-15-17(20)19-16-18(2,3)21/h4-7,10-15,21H,8-9,16H2,1-3H3,(H,19,20). The first kappa shape index (κ1) is 19.1. The zero-order valence-corrected chi connectivity index (χ0v) is 13.3. The van der Waals surface area contributed by atoms with Gasteiger partial charge in [0, 0.05) is 12.6 Å². The molecule has 0 aromatic heterocycles. The summed E-state index contributed by atoms with van der Waals surface area (Å²) in [4.78, 5) is 11.4. The minimum Gasteiger partial charge on any atom is -0.389 e. The lowest BCUT2D eigenvalue weighted by Crippen LogP contribution is -2.37. The van der Waals surface area contributed by atoms with Crippen LogP contribution >= 0.6 is 0 Å². The van der Waals surface area contributed by atoms with E-state index in [1.165, 1.54) is 6.08 Å². The van der Waals surface area contributed by atoms with Crippen LogP contribution in [0.4, 0.5) is 0 Å². The Morgan fingerprint density at radius 3 is 2.14 bits per heavy atom. The second-order valence-corrected chi connectivity index (χ2v) is 5.23. The molecule has 0 atom stereocenters. The molecule has 0 spiro atoms. The normalized spacial score (nSPS) is 13.5. The number of amides is 1. The van der Waals surface area contributed by atoms with Crippen molar-refractivity contribution in [2.75, 3.05) is 6.54 Å². The van der Waals surface area contributed by atoms with Crippen molar-refractivity contribution in [2.24, 2.45) is 0 Å². The lowest BCUT2D eigenvalue weighted by atomic mass is 10.1. The molecule has 3 heteroatoms. The molecule has 0 aromatic carbocycles. The fourth-order valence-corrected chi connectivity index (χ4v) is 1.29. The fraction of sp³-hybridized carbons (Fsp3) is 0.389. The van der Waals surface area contributed by atoms with Gasteiger partial charge in [-0.15, -0.1) is 0 Å². The van der Waals surface area contributed by atoms with E-state index in [1.807, 2.05) is 37.3 Å². The molecule has 0 aliphatic heterocycles. The summed E-state index contributed by atoms with van der Waals surface area (Å²) in [7, 11) is 0. The summed E-state index contributed by atoms with van der Waals surface area (Å²) in [6.07, 6.45) is 21.0. The van der Waals surface area contributed by atoms with Crippen molar-refractivity contribution in [1.82, 2.24) is 5.32 Å². The average molecular weight is 289 g/mol. The number of rotatable bonds is 9. The third kappa shape index (κ3) is 16.1. The zero-order valence-electron chi connectivity index (χ0n) is 13.3. The number of carbonyl (C=O) groups excluding carboxylic acids is 1. The summed E-state index contributed by atoms with van der Waals surface area (Å²) in [5.41, 5.74) is -0.885. The first-order valence-electron chi connectivity index (χ1n) is 7.23. The molecule has 0 aliphatic carbocycles. The monoisotopic (exact) mass is 289 g/mol. The summed E-state index contributed by atoms with van der Waals surface area (Å²) >= 11 is 0. The van der Waals surface area contributed by atoms with E-state index in [1.54, 1.807) is 26.0 Å². The molecule has 0 saturated heterocycles. The van der Waals surface area contributed by atoms with Gasteiger partial charge in [0.05, 0.1) is 5.60 Å². The highest BCUT2D eigenvalue weighted by molar-refractivity contribution is 5.87.